The number of carbonyl (C=O) groups excluding carboxylic acids is 4. The van der Waals surface area contributed by atoms with Crippen molar-refractivity contribution in [1.82, 2.24) is 19.9 Å². The number of hydrogen-bond donors (Lipinski definition) is 3. The SMILES string of the molecule is C.C.CC(C)c1nc2c([nH]1)C(=O)C(=O)c1cc([N+](=O)[O-])ccc1-2.CC(C)c1nc2c([nH]1)C(=O)C(=O)c1ccccc1-2.O=[N+]([O-])O. The first-order valence-electron chi connectivity index (χ1n) is 12.8. The van der Waals surface area contributed by atoms with Crippen molar-refractivity contribution >= 4 is 28.8 Å². The van der Waals surface area contributed by atoms with E-state index in [1.807, 2.05) is 39.8 Å². The fourth-order valence-corrected chi connectivity index (χ4v) is 4.45. The molecule has 2 heterocycles. The summed E-state index contributed by atoms with van der Waals surface area (Å²) in [5.41, 5.74) is 2.89. The Bertz CT molecular complexity index is 1830. The summed E-state index contributed by atoms with van der Waals surface area (Å²) in [6, 6.07) is 11.0. The van der Waals surface area contributed by atoms with Crippen LogP contribution >= 0.6 is 0 Å². The maximum atomic E-state index is 12.1. The zero-order valence-corrected chi connectivity index (χ0v) is 23.2. The summed E-state index contributed by atoms with van der Waals surface area (Å²) >= 11 is 0. The average molecular weight is 621 g/mol. The number of nitrogens with zero attached hydrogens (tertiary/aromatic N) is 4. The van der Waals surface area contributed by atoms with Crippen molar-refractivity contribution in [2.45, 2.75) is 54.4 Å². The van der Waals surface area contributed by atoms with Crippen molar-refractivity contribution in [3.8, 4) is 22.5 Å². The minimum atomic E-state index is -1.50. The van der Waals surface area contributed by atoms with Gasteiger partial charge in [0, 0.05) is 46.2 Å². The van der Waals surface area contributed by atoms with E-state index in [1.165, 1.54) is 12.1 Å². The number of non-ortho nitro benzene ring substituents is 1. The van der Waals surface area contributed by atoms with Gasteiger partial charge < -0.3 is 15.2 Å². The van der Waals surface area contributed by atoms with Crippen LogP contribution in [-0.4, -0.2) is 58.3 Å². The summed E-state index contributed by atoms with van der Waals surface area (Å²) in [7, 11) is 0. The third kappa shape index (κ3) is 6.71. The zero-order chi connectivity index (χ0) is 31.7. The minimum Gasteiger partial charge on any atom is -0.338 e. The summed E-state index contributed by atoms with van der Waals surface area (Å²) in [6.07, 6.45) is 0. The lowest BCUT2D eigenvalue weighted by Crippen LogP contribution is -2.21. The second-order valence-corrected chi connectivity index (χ2v) is 10.1. The number of hydrogen-bond acceptors (Lipinski definition) is 10. The van der Waals surface area contributed by atoms with Gasteiger partial charge in [-0.2, -0.15) is 0 Å². The van der Waals surface area contributed by atoms with Crippen molar-refractivity contribution in [2.75, 3.05) is 0 Å². The highest BCUT2D eigenvalue weighted by molar-refractivity contribution is 6.53. The number of benzene rings is 2. The van der Waals surface area contributed by atoms with E-state index in [4.69, 9.17) is 15.3 Å². The number of Topliss-reactive ketones (excluding diaryl/α,β-unsaturated/α-hetero) is 4. The molecule has 15 nitrogen and oxygen atoms in total. The largest absolute Gasteiger partial charge is 0.338 e. The molecular formula is C30H32N6O9. The molecule has 0 aliphatic heterocycles. The molecule has 0 unspecified atom stereocenters. The molecule has 15 heteroatoms. The fraction of sp³-hybridized carbons (Fsp3) is 0.267. The number of rotatable bonds is 3. The third-order valence-corrected chi connectivity index (χ3v) is 6.55. The van der Waals surface area contributed by atoms with Crippen LogP contribution in [0.2, 0.25) is 0 Å². The van der Waals surface area contributed by atoms with Gasteiger partial charge in [-0.25, -0.2) is 9.97 Å². The molecule has 4 aromatic rings. The van der Waals surface area contributed by atoms with Crippen molar-refractivity contribution in [2.24, 2.45) is 0 Å². The molecule has 0 atom stereocenters. The van der Waals surface area contributed by atoms with Crippen molar-refractivity contribution in [3.05, 3.63) is 96.9 Å². The Balaban J connectivity index is 0.000000272. The summed E-state index contributed by atoms with van der Waals surface area (Å²) < 4.78 is 0. The quantitative estimate of drug-likeness (QED) is 0.137. The summed E-state index contributed by atoms with van der Waals surface area (Å²) in [5.74, 6) is -0.825. The highest BCUT2D eigenvalue weighted by atomic mass is 16.9. The van der Waals surface area contributed by atoms with Gasteiger partial charge in [-0.05, 0) is 6.07 Å². The van der Waals surface area contributed by atoms with Crippen LogP contribution in [0.15, 0.2) is 42.5 Å². The maximum Gasteiger partial charge on any atom is 0.291 e. The first-order chi connectivity index (χ1) is 20.2. The molecule has 2 aliphatic carbocycles. The van der Waals surface area contributed by atoms with Gasteiger partial charge in [0.05, 0.1) is 4.92 Å². The van der Waals surface area contributed by atoms with E-state index < -0.39 is 33.1 Å². The lowest BCUT2D eigenvalue weighted by molar-refractivity contribution is -0.742. The molecule has 0 saturated carbocycles. The van der Waals surface area contributed by atoms with Gasteiger partial charge in [-0.1, -0.05) is 66.8 Å². The topological polar surface area (TPSA) is 232 Å². The van der Waals surface area contributed by atoms with E-state index in [9.17, 15) is 29.3 Å². The van der Waals surface area contributed by atoms with E-state index in [1.54, 1.807) is 12.1 Å². The Morgan fingerprint density at radius 2 is 1.07 bits per heavy atom. The Hall–Kier alpha value is -5.86. The summed E-state index contributed by atoms with van der Waals surface area (Å²) in [4.78, 5) is 81.4. The number of carbonyl (C=O) groups is 4. The predicted octanol–water partition coefficient (Wildman–Crippen LogP) is 5.99. The van der Waals surface area contributed by atoms with E-state index in [2.05, 4.69) is 19.9 Å². The standard InChI is InChI=1S/C14H11N3O4.C14H12N2O2.2CH4.HNO3/c1-6(2)14-15-10-8-4-3-7(17(20)21)5-9(8)12(18)13(19)11(10)16-14;1-7(2)14-15-10-8-5-3-4-6-9(8)12(17)13(18)11(10)16-14;;;2-1(3)4/h3-6H,1-2H3,(H,15,16);3-7H,1-2H3,(H,15,16);2*1H4;(H,2,3,4). The Kier molecular flexibility index (Phi) is 10.7. The van der Waals surface area contributed by atoms with Gasteiger partial charge >= 0.3 is 0 Å². The second-order valence-electron chi connectivity index (χ2n) is 10.1. The molecule has 0 fully saturated rings. The molecule has 45 heavy (non-hydrogen) atoms. The molecule has 6 rings (SSSR count). The van der Waals surface area contributed by atoms with Crippen LogP contribution < -0.4 is 0 Å². The van der Waals surface area contributed by atoms with Crippen molar-refractivity contribution < 1.29 is 34.4 Å². The summed E-state index contributed by atoms with van der Waals surface area (Å²) in [5, 5.41) is 24.4. The average Bonchev–Trinajstić information content (AvgIpc) is 3.61. The number of nitrogens with one attached hydrogen (secondary N) is 2. The van der Waals surface area contributed by atoms with Gasteiger partial charge in [0.15, 0.2) is 0 Å². The van der Waals surface area contributed by atoms with Gasteiger partial charge in [0.25, 0.3) is 22.3 Å². The number of aromatic amines is 2. The van der Waals surface area contributed by atoms with Crippen LogP contribution in [0.4, 0.5) is 5.69 Å². The Morgan fingerprint density at radius 3 is 1.49 bits per heavy atom. The second kappa shape index (κ2) is 13.6. The molecule has 2 aromatic heterocycles. The number of imidazole rings is 2. The molecule has 0 spiro atoms. The van der Waals surface area contributed by atoms with Crippen LogP contribution in [0.1, 0.15) is 108 Å². The third-order valence-electron chi connectivity index (χ3n) is 6.55. The van der Waals surface area contributed by atoms with Crippen LogP contribution in [0.25, 0.3) is 22.5 Å². The number of nitro benzene ring substituents is 1. The van der Waals surface area contributed by atoms with E-state index in [0.717, 1.165) is 17.5 Å². The fourth-order valence-electron chi connectivity index (χ4n) is 4.45. The number of nitro groups is 1. The first-order valence-corrected chi connectivity index (χ1v) is 12.8. The first kappa shape index (κ1) is 35.3. The molecule has 0 radical (unpaired) electrons. The molecule has 0 saturated heterocycles. The Morgan fingerprint density at radius 1 is 0.667 bits per heavy atom. The van der Waals surface area contributed by atoms with Crippen LogP contribution in [0, 0.1) is 20.2 Å². The molecule has 0 amide bonds. The highest BCUT2D eigenvalue weighted by Gasteiger charge is 2.35. The van der Waals surface area contributed by atoms with E-state index in [0.29, 0.717) is 34.0 Å². The highest BCUT2D eigenvalue weighted by Crippen LogP contribution is 2.35. The smallest absolute Gasteiger partial charge is 0.291 e. The molecule has 3 N–H and O–H groups in total. The monoisotopic (exact) mass is 620 g/mol. The molecule has 236 valence electrons. The molecular weight excluding hydrogens is 588 g/mol. The molecule has 2 aromatic carbocycles. The van der Waals surface area contributed by atoms with Gasteiger partial charge in [0.2, 0.25) is 11.6 Å². The van der Waals surface area contributed by atoms with Gasteiger partial charge in [-0.3, -0.25) is 29.3 Å². The summed E-state index contributed by atoms with van der Waals surface area (Å²) in [6.45, 7) is 7.80. The van der Waals surface area contributed by atoms with E-state index in [-0.39, 0.29) is 43.6 Å². The zero-order valence-electron chi connectivity index (χ0n) is 23.2. The number of aromatic nitrogens is 4. The van der Waals surface area contributed by atoms with Crippen LogP contribution in [0.3, 0.4) is 0 Å². The van der Waals surface area contributed by atoms with E-state index >= 15 is 0 Å². The minimum absolute atomic E-state index is 0. The number of fused-ring (bicyclic) bond motifs is 6. The lowest BCUT2D eigenvalue weighted by Gasteiger charge is -2.12. The number of ketones is 4. The predicted molar refractivity (Wildman–Crippen MR) is 162 cm³/mol. The van der Waals surface area contributed by atoms with Gasteiger partial charge in [0.1, 0.15) is 34.4 Å². The Labute approximate surface area is 257 Å². The van der Waals surface area contributed by atoms with Crippen molar-refractivity contribution in [1.29, 1.82) is 0 Å². The maximum absolute atomic E-state index is 12.1. The molecule has 2 aliphatic rings. The number of H-pyrrole nitrogens is 2. The van der Waals surface area contributed by atoms with Gasteiger partial charge in [-0.15, -0.1) is 10.1 Å². The van der Waals surface area contributed by atoms with Crippen LogP contribution in [-0.2, 0) is 0 Å². The normalized spacial score (nSPS) is 12.2. The lowest BCUT2D eigenvalue weighted by atomic mass is 9.90. The van der Waals surface area contributed by atoms with Crippen LogP contribution in [0.5, 0.6) is 0 Å². The van der Waals surface area contributed by atoms with Crippen molar-refractivity contribution in [3.63, 3.8) is 0 Å². The molecule has 0 bridgehead atoms.